The lowest BCUT2D eigenvalue weighted by molar-refractivity contribution is -0.122. The zero-order valence-electron chi connectivity index (χ0n) is 7.18. The van der Waals surface area contributed by atoms with Crippen LogP contribution in [0.1, 0.15) is 20.8 Å². The molecule has 6 nitrogen and oxygen atoms in total. The highest BCUT2D eigenvalue weighted by molar-refractivity contribution is 5.64. The predicted molar refractivity (Wildman–Crippen MR) is 41.3 cm³/mol. The molecule has 0 aliphatic carbocycles. The van der Waals surface area contributed by atoms with Gasteiger partial charge >= 0.3 is 6.09 Å². The fraction of sp³-hybridized carbons (Fsp3) is 0.667. The summed E-state index contributed by atoms with van der Waals surface area (Å²) in [5, 5.41) is 21.3. The Bertz CT molecular complexity index is 171. The van der Waals surface area contributed by atoms with Gasteiger partial charge in [-0.25, -0.2) is 4.79 Å². The largest absolute Gasteiger partial charge is 0.483 e. The molecule has 2 N–H and O–H groups in total. The molecule has 0 unspecified atom stereocenters. The van der Waals surface area contributed by atoms with Gasteiger partial charge in [-0.05, 0) is 20.8 Å². The van der Waals surface area contributed by atoms with Crippen molar-refractivity contribution in [2.24, 2.45) is 10.2 Å². The van der Waals surface area contributed by atoms with Crippen LogP contribution in [0.2, 0.25) is 0 Å². The van der Waals surface area contributed by atoms with Crippen molar-refractivity contribution >= 4 is 12.6 Å². The van der Waals surface area contributed by atoms with Crippen LogP contribution in [0.3, 0.4) is 0 Å². The molecule has 0 aromatic heterocycles. The van der Waals surface area contributed by atoms with Gasteiger partial charge in [0, 0.05) is 0 Å². The monoisotopic (exact) mass is 176 g/mol. The van der Waals surface area contributed by atoms with Crippen LogP contribution in [-0.2, 0) is 4.79 Å². The van der Waals surface area contributed by atoms with E-state index in [0.717, 1.165) is 0 Å². The van der Waals surface area contributed by atoms with Gasteiger partial charge in [-0.1, -0.05) is 5.11 Å². The van der Waals surface area contributed by atoms with Crippen molar-refractivity contribution in [3.05, 3.63) is 0 Å². The highest BCUT2D eigenvalue weighted by Gasteiger charge is 2.06. The number of amides is 1. The SMILES string of the molecule is CC(C)(C)N=NC(=O)O.O=CO. The molecule has 0 aliphatic rings. The predicted octanol–water partition coefficient (Wildman–Crippen LogP) is 1.62. The van der Waals surface area contributed by atoms with Crippen molar-refractivity contribution in [1.29, 1.82) is 0 Å². The average Bonchev–Trinajstić information content (AvgIpc) is 1.84. The molecule has 0 fully saturated rings. The van der Waals surface area contributed by atoms with Crippen LogP contribution in [0.15, 0.2) is 10.2 Å². The molecule has 0 aliphatic heterocycles. The van der Waals surface area contributed by atoms with Crippen molar-refractivity contribution in [3.63, 3.8) is 0 Å². The summed E-state index contributed by atoms with van der Waals surface area (Å²) in [5.74, 6) is 0. The van der Waals surface area contributed by atoms with Crippen molar-refractivity contribution in [2.45, 2.75) is 26.3 Å². The summed E-state index contributed by atoms with van der Waals surface area (Å²) in [6, 6.07) is 0. The molecule has 0 atom stereocenters. The van der Waals surface area contributed by atoms with Gasteiger partial charge in [0.1, 0.15) is 0 Å². The summed E-state index contributed by atoms with van der Waals surface area (Å²) in [5.41, 5.74) is -0.390. The van der Waals surface area contributed by atoms with Gasteiger partial charge in [0.2, 0.25) is 0 Å². The Hall–Kier alpha value is -1.46. The Labute approximate surface area is 69.9 Å². The second kappa shape index (κ2) is 6.26. The number of carbonyl (C=O) groups is 2. The number of carboxylic acid groups (broad SMARTS) is 2. The second-order valence-electron chi connectivity index (χ2n) is 2.76. The summed E-state index contributed by atoms with van der Waals surface area (Å²) in [6.07, 6.45) is -1.25. The van der Waals surface area contributed by atoms with E-state index < -0.39 is 11.6 Å². The first-order chi connectivity index (χ1) is 5.33. The molecular weight excluding hydrogens is 164 g/mol. The van der Waals surface area contributed by atoms with Crippen molar-refractivity contribution in [1.82, 2.24) is 0 Å². The van der Waals surface area contributed by atoms with Gasteiger partial charge in [-0.2, -0.15) is 5.11 Å². The van der Waals surface area contributed by atoms with Crippen LogP contribution in [0.5, 0.6) is 0 Å². The van der Waals surface area contributed by atoms with Gasteiger partial charge in [0.05, 0.1) is 5.54 Å². The fourth-order valence-corrected chi connectivity index (χ4v) is 0.193. The molecule has 0 rings (SSSR count). The van der Waals surface area contributed by atoms with E-state index in [1.807, 2.05) is 0 Å². The Morgan fingerprint density at radius 1 is 1.42 bits per heavy atom. The molecule has 0 saturated carbocycles. The standard InChI is InChI=1S/C5H10N2O2.CH2O2/c1-5(2,3)7-6-4(8)9;2-1-3/h1-3H3,(H,8,9);1H,(H,2,3). The quantitative estimate of drug-likeness (QED) is 0.432. The molecular formula is C6H12N2O4. The third-order valence-electron chi connectivity index (χ3n) is 0.436. The lowest BCUT2D eigenvalue weighted by atomic mass is 10.1. The highest BCUT2D eigenvalue weighted by Crippen LogP contribution is 2.05. The van der Waals surface area contributed by atoms with Crippen LogP contribution in [0.4, 0.5) is 4.79 Å². The topological polar surface area (TPSA) is 99.3 Å². The van der Waals surface area contributed by atoms with E-state index >= 15 is 0 Å². The van der Waals surface area contributed by atoms with Gasteiger partial charge < -0.3 is 10.2 Å². The van der Waals surface area contributed by atoms with E-state index in [-0.39, 0.29) is 6.47 Å². The Balaban J connectivity index is 0. The molecule has 0 saturated heterocycles. The minimum Gasteiger partial charge on any atom is -0.483 e. The van der Waals surface area contributed by atoms with Gasteiger partial charge in [-0.15, -0.1) is 0 Å². The van der Waals surface area contributed by atoms with Crippen molar-refractivity contribution in [3.8, 4) is 0 Å². The summed E-state index contributed by atoms with van der Waals surface area (Å²) in [4.78, 5) is 18.1. The maximum absolute atomic E-state index is 9.79. The summed E-state index contributed by atoms with van der Waals surface area (Å²) in [7, 11) is 0. The van der Waals surface area contributed by atoms with Gasteiger partial charge in [0.25, 0.3) is 6.47 Å². The van der Waals surface area contributed by atoms with E-state index in [4.69, 9.17) is 15.0 Å². The van der Waals surface area contributed by atoms with E-state index in [1.54, 1.807) is 20.8 Å². The van der Waals surface area contributed by atoms with Gasteiger partial charge in [0.15, 0.2) is 0 Å². The number of hydrogen-bond donors (Lipinski definition) is 2. The Kier molecular flexibility index (Phi) is 6.86. The van der Waals surface area contributed by atoms with Crippen LogP contribution in [0, 0.1) is 0 Å². The normalized spacial score (nSPS) is 10.2. The average molecular weight is 176 g/mol. The molecule has 1 amide bonds. The summed E-state index contributed by atoms with van der Waals surface area (Å²) >= 11 is 0. The number of rotatable bonds is 0. The first-order valence-electron chi connectivity index (χ1n) is 3.07. The van der Waals surface area contributed by atoms with E-state index in [0.29, 0.717) is 0 Å². The molecule has 6 heteroatoms. The Morgan fingerprint density at radius 3 is 1.83 bits per heavy atom. The van der Waals surface area contributed by atoms with Crippen molar-refractivity contribution in [2.75, 3.05) is 0 Å². The lowest BCUT2D eigenvalue weighted by Crippen LogP contribution is -2.08. The van der Waals surface area contributed by atoms with Crippen molar-refractivity contribution < 1.29 is 19.8 Å². The van der Waals surface area contributed by atoms with Crippen LogP contribution in [-0.4, -0.2) is 28.3 Å². The molecule has 0 aromatic carbocycles. The van der Waals surface area contributed by atoms with Crippen LogP contribution in [0.25, 0.3) is 0 Å². The molecule has 0 spiro atoms. The molecule has 0 aromatic rings. The van der Waals surface area contributed by atoms with E-state index in [9.17, 15) is 4.79 Å². The Morgan fingerprint density at radius 2 is 1.75 bits per heavy atom. The minimum absolute atomic E-state index is 0.250. The summed E-state index contributed by atoms with van der Waals surface area (Å²) in [6.45, 7) is 5.08. The maximum Gasteiger partial charge on any atom is 0.449 e. The van der Waals surface area contributed by atoms with Gasteiger partial charge in [-0.3, -0.25) is 4.79 Å². The lowest BCUT2D eigenvalue weighted by Gasteiger charge is -2.06. The van der Waals surface area contributed by atoms with Crippen LogP contribution < -0.4 is 0 Å². The molecule has 0 radical (unpaired) electrons. The number of hydrogen-bond acceptors (Lipinski definition) is 3. The summed E-state index contributed by atoms with van der Waals surface area (Å²) < 4.78 is 0. The maximum atomic E-state index is 9.79. The number of azo groups is 1. The zero-order chi connectivity index (χ0) is 10.2. The molecule has 0 bridgehead atoms. The third kappa shape index (κ3) is 23.6. The third-order valence-corrected chi connectivity index (χ3v) is 0.436. The zero-order valence-corrected chi connectivity index (χ0v) is 7.18. The van der Waals surface area contributed by atoms with E-state index in [2.05, 4.69) is 10.2 Å². The first-order valence-corrected chi connectivity index (χ1v) is 3.07. The smallest absolute Gasteiger partial charge is 0.449 e. The number of nitrogens with zero attached hydrogens (tertiary/aromatic N) is 2. The molecule has 0 heterocycles. The second-order valence-corrected chi connectivity index (χ2v) is 2.76. The first kappa shape index (κ1) is 13.2. The highest BCUT2D eigenvalue weighted by atomic mass is 16.4. The molecule has 70 valence electrons. The minimum atomic E-state index is -1.25. The van der Waals surface area contributed by atoms with Crippen LogP contribution >= 0.6 is 0 Å². The molecule has 12 heavy (non-hydrogen) atoms. The van der Waals surface area contributed by atoms with E-state index in [1.165, 1.54) is 0 Å². The fourth-order valence-electron chi connectivity index (χ4n) is 0.193.